The van der Waals surface area contributed by atoms with Gasteiger partial charge in [0.25, 0.3) is 0 Å². The van der Waals surface area contributed by atoms with E-state index in [0.29, 0.717) is 6.42 Å². The molecule has 0 aromatic carbocycles. The Morgan fingerprint density at radius 2 is 2.38 bits per heavy atom. The Morgan fingerprint density at radius 1 is 1.62 bits per heavy atom. The molecule has 1 rings (SSSR count). The van der Waals surface area contributed by atoms with E-state index in [-0.39, 0.29) is 6.42 Å². The molecule has 0 bridgehead atoms. The number of aryl methyl sites for hydroxylation is 2. The molecule has 0 fully saturated rings. The van der Waals surface area contributed by atoms with E-state index in [4.69, 9.17) is 5.11 Å². The van der Waals surface area contributed by atoms with Crippen molar-refractivity contribution in [1.29, 1.82) is 0 Å². The molecule has 0 aliphatic rings. The van der Waals surface area contributed by atoms with Gasteiger partial charge in [-0.15, -0.1) is 11.3 Å². The smallest absolute Gasteiger partial charge is 0.303 e. The van der Waals surface area contributed by atoms with Gasteiger partial charge in [0.2, 0.25) is 0 Å². The van der Waals surface area contributed by atoms with Crippen molar-refractivity contribution in [2.24, 2.45) is 0 Å². The van der Waals surface area contributed by atoms with Gasteiger partial charge in [-0.2, -0.15) is 0 Å². The summed E-state index contributed by atoms with van der Waals surface area (Å²) in [6.45, 7) is 2.11. The third kappa shape index (κ3) is 3.14. The van der Waals surface area contributed by atoms with Crippen LogP contribution in [0.2, 0.25) is 0 Å². The Bertz CT molecular complexity index is 283. The first-order valence-corrected chi connectivity index (χ1v) is 5.25. The Kier molecular flexibility index (Phi) is 3.89. The monoisotopic (exact) mass is 199 g/mol. The second-order valence-corrected chi connectivity index (χ2v) is 3.81. The van der Waals surface area contributed by atoms with Crippen LogP contribution in [0.15, 0.2) is 5.51 Å². The van der Waals surface area contributed by atoms with E-state index in [2.05, 4.69) is 11.9 Å². The molecule has 0 saturated carbocycles. The van der Waals surface area contributed by atoms with E-state index in [1.54, 1.807) is 16.8 Å². The van der Waals surface area contributed by atoms with Gasteiger partial charge in [0.15, 0.2) is 0 Å². The Balaban J connectivity index is 2.54. The Labute approximate surface area is 81.4 Å². The molecule has 1 aromatic rings. The van der Waals surface area contributed by atoms with Crippen molar-refractivity contribution >= 4 is 17.3 Å². The van der Waals surface area contributed by atoms with Gasteiger partial charge in [-0.3, -0.25) is 4.79 Å². The average Bonchev–Trinajstić information content (AvgIpc) is 2.49. The lowest BCUT2D eigenvalue weighted by Gasteiger charge is -1.97. The van der Waals surface area contributed by atoms with Crippen molar-refractivity contribution in [3.05, 3.63) is 16.1 Å². The number of nitrogens with zero attached hydrogens (tertiary/aromatic N) is 1. The highest BCUT2D eigenvalue weighted by atomic mass is 32.1. The van der Waals surface area contributed by atoms with Gasteiger partial charge in [0, 0.05) is 11.3 Å². The van der Waals surface area contributed by atoms with Gasteiger partial charge in [-0.1, -0.05) is 13.3 Å². The number of rotatable bonds is 5. The van der Waals surface area contributed by atoms with Crippen molar-refractivity contribution in [3.63, 3.8) is 0 Å². The van der Waals surface area contributed by atoms with Crippen LogP contribution in [0.4, 0.5) is 0 Å². The van der Waals surface area contributed by atoms with E-state index in [1.807, 2.05) is 0 Å². The predicted molar refractivity (Wildman–Crippen MR) is 52.1 cm³/mol. The molecule has 4 heteroatoms. The van der Waals surface area contributed by atoms with E-state index in [0.717, 1.165) is 18.5 Å². The van der Waals surface area contributed by atoms with E-state index in [1.165, 1.54) is 4.88 Å². The molecule has 1 aromatic heterocycles. The number of hydrogen-bond donors (Lipinski definition) is 1. The SMILES string of the molecule is CCCc1scnc1CCC(=O)O. The van der Waals surface area contributed by atoms with Crippen molar-refractivity contribution in [2.45, 2.75) is 32.6 Å². The predicted octanol–water partition coefficient (Wildman–Crippen LogP) is 2.11. The molecular weight excluding hydrogens is 186 g/mol. The van der Waals surface area contributed by atoms with Gasteiger partial charge in [0.05, 0.1) is 17.6 Å². The van der Waals surface area contributed by atoms with Gasteiger partial charge >= 0.3 is 5.97 Å². The zero-order valence-corrected chi connectivity index (χ0v) is 8.43. The maximum atomic E-state index is 10.3. The molecule has 0 radical (unpaired) electrons. The van der Waals surface area contributed by atoms with Crippen molar-refractivity contribution in [1.82, 2.24) is 4.98 Å². The molecule has 0 aliphatic carbocycles. The highest BCUT2D eigenvalue weighted by molar-refractivity contribution is 7.09. The fraction of sp³-hybridized carbons (Fsp3) is 0.556. The van der Waals surface area contributed by atoms with Crippen molar-refractivity contribution < 1.29 is 9.90 Å². The van der Waals surface area contributed by atoms with Crippen LogP contribution < -0.4 is 0 Å². The molecule has 1 heterocycles. The Hall–Kier alpha value is -0.900. The number of hydrogen-bond acceptors (Lipinski definition) is 3. The van der Waals surface area contributed by atoms with Crippen LogP contribution in [0.1, 0.15) is 30.3 Å². The zero-order chi connectivity index (χ0) is 9.68. The summed E-state index contributed by atoms with van der Waals surface area (Å²) in [6.07, 6.45) is 2.84. The molecule has 0 aliphatic heterocycles. The normalized spacial score (nSPS) is 10.2. The number of aromatic nitrogens is 1. The number of carboxylic acid groups (broad SMARTS) is 1. The average molecular weight is 199 g/mol. The second-order valence-electron chi connectivity index (χ2n) is 2.87. The van der Waals surface area contributed by atoms with Crippen LogP contribution in [-0.2, 0) is 17.6 Å². The summed E-state index contributed by atoms with van der Waals surface area (Å²) < 4.78 is 0. The van der Waals surface area contributed by atoms with Crippen molar-refractivity contribution in [2.75, 3.05) is 0 Å². The van der Waals surface area contributed by atoms with Crippen LogP contribution in [0, 0.1) is 0 Å². The van der Waals surface area contributed by atoms with Crippen LogP contribution in [0.25, 0.3) is 0 Å². The lowest BCUT2D eigenvalue weighted by molar-refractivity contribution is -0.136. The largest absolute Gasteiger partial charge is 0.481 e. The minimum absolute atomic E-state index is 0.181. The summed E-state index contributed by atoms with van der Waals surface area (Å²) in [5, 5.41) is 8.51. The first kappa shape index (κ1) is 10.2. The summed E-state index contributed by atoms with van der Waals surface area (Å²) >= 11 is 1.62. The molecule has 0 unspecified atom stereocenters. The fourth-order valence-corrected chi connectivity index (χ4v) is 2.07. The first-order valence-electron chi connectivity index (χ1n) is 4.37. The number of carbonyl (C=O) groups is 1. The lowest BCUT2D eigenvalue weighted by atomic mass is 10.2. The molecule has 1 N–H and O–H groups in total. The topological polar surface area (TPSA) is 50.2 Å². The molecule has 0 spiro atoms. The number of thiazole rings is 1. The molecule has 0 amide bonds. The third-order valence-corrected chi connectivity index (χ3v) is 2.71. The van der Waals surface area contributed by atoms with E-state index in [9.17, 15) is 4.79 Å². The molecule has 0 saturated heterocycles. The lowest BCUT2D eigenvalue weighted by Crippen LogP contribution is -1.99. The summed E-state index contributed by atoms with van der Waals surface area (Å²) in [4.78, 5) is 15.7. The van der Waals surface area contributed by atoms with Gasteiger partial charge < -0.3 is 5.11 Å². The maximum Gasteiger partial charge on any atom is 0.303 e. The van der Waals surface area contributed by atoms with Crippen LogP contribution in [0.3, 0.4) is 0 Å². The molecule has 3 nitrogen and oxygen atoms in total. The summed E-state index contributed by atoms with van der Waals surface area (Å²) in [5.41, 5.74) is 2.76. The van der Waals surface area contributed by atoms with Gasteiger partial charge in [-0.05, 0) is 6.42 Å². The summed E-state index contributed by atoms with van der Waals surface area (Å²) in [6, 6.07) is 0. The highest BCUT2D eigenvalue weighted by Gasteiger charge is 2.06. The maximum absolute atomic E-state index is 10.3. The first-order chi connectivity index (χ1) is 6.24. The number of aliphatic carboxylic acids is 1. The highest BCUT2D eigenvalue weighted by Crippen LogP contribution is 2.16. The molecule has 72 valence electrons. The van der Waals surface area contributed by atoms with Gasteiger partial charge in [-0.25, -0.2) is 4.98 Å². The summed E-state index contributed by atoms with van der Waals surface area (Å²) in [5.74, 6) is -0.754. The van der Waals surface area contributed by atoms with Crippen LogP contribution in [0.5, 0.6) is 0 Å². The molecule has 13 heavy (non-hydrogen) atoms. The third-order valence-electron chi connectivity index (χ3n) is 1.78. The zero-order valence-electron chi connectivity index (χ0n) is 7.62. The van der Waals surface area contributed by atoms with Gasteiger partial charge in [0.1, 0.15) is 0 Å². The Morgan fingerprint density at radius 3 is 3.00 bits per heavy atom. The molecular formula is C9H13NO2S. The number of carboxylic acids is 1. The summed E-state index contributed by atoms with van der Waals surface area (Å²) in [7, 11) is 0. The quantitative estimate of drug-likeness (QED) is 0.790. The standard InChI is InChI=1S/C9H13NO2S/c1-2-3-8-7(10-6-13-8)4-5-9(11)12/h6H,2-5H2,1H3,(H,11,12). The molecule has 0 atom stereocenters. The fourth-order valence-electron chi connectivity index (χ4n) is 1.15. The van der Waals surface area contributed by atoms with Crippen molar-refractivity contribution in [3.8, 4) is 0 Å². The van der Waals surface area contributed by atoms with E-state index < -0.39 is 5.97 Å². The van der Waals surface area contributed by atoms with Crippen LogP contribution in [-0.4, -0.2) is 16.1 Å². The van der Waals surface area contributed by atoms with Crippen LogP contribution >= 0.6 is 11.3 Å². The minimum Gasteiger partial charge on any atom is -0.481 e. The second kappa shape index (κ2) is 4.97. The van der Waals surface area contributed by atoms with E-state index >= 15 is 0 Å². The minimum atomic E-state index is -0.754.